The molecule has 0 bridgehead atoms. The number of para-hydroxylation sites is 1. The minimum absolute atomic E-state index is 0.0669. The minimum Gasteiger partial charge on any atom is -0.508 e. The van der Waals surface area contributed by atoms with E-state index in [1.165, 1.54) is 0 Å². The van der Waals surface area contributed by atoms with Crippen molar-refractivity contribution in [1.29, 1.82) is 0 Å². The summed E-state index contributed by atoms with van der Waals surface area (Å²) in [4.78, 5) is 17.1. The number of phenolic OH excluding ortho intramolecular Hbond substituents is 1. The van der Waals surface area contributed by atoms with Gasteiger partial charge in [-0.05, 0) is 25.1 Å². The molecule has 0 aliphatic rings. The van der Waals surface area contributed by atoms with Crippen molar-refractivity contribution in [3.05, 3.63) is 102 Å². The Labute approximate surface area is 185 Å². The molecule has 0 radical (unpaired) electrons. The number of rotatable bonds is 7. The molecule has 0 saturated carbocycles. The van der Waals surface area contributed by atoms with Gasteiger partial charge in [-0.1, -0.05) is 53.2 Å². The van der Waals surface area contributed by atoms with Crippen LogP contribution in [-0.2, 0) is 0 Å². The number of pyridine rings is 1. The van der Waals surface area contributed by atoms with Crippen LogP contribution < -0.4 is 10.7 Å². The van der Waals surface area contributed by atoms with E-state index >= 15 is 0 Å². The number of nitrogens with two attached hydrogens (primary N) is 1. The number of aromatic nitrogens is 2. The monoisotopic (exact) mass is 427 g/mol. The molecule has 0 aliphatic heterocycles. The van der Waals surface area contributed by atoms with Gasteiger partial charge in [-0.25, -0.2) is 0 Å². The van der Waals surface area contributed by atoms with Gasteiger partial charge in [0.2, 0.25) is 0 Å². The highest BCUT2D eigenvalue weighted by molar-refractivity contribution is 5.97. The lowest BCUT2D eigenvalue weighted by Crippen LogP contribution is -2.43. The minimum atomic E-state index is -0.580. The molecule has 4 rings (SSSR count). The summed E-state index contributed by atoms with van der Waals surface area (Å²) in [5.41, 5.74) is 3.93. The Balaban J connectivity index is 1.57. The number of aryl methyl sites for hydroxylation is 1. The zero-order chi connectivity index (χ0) is 22.5. The van der Waals surface area contributed by atoms with Crippen molar-refractivity contribution in [2.45, 2.75) is 19.4 Å². The molecule has 7 heteroatoms. The predicted octanol–water partition coefficient (Wildman–Crippen LogP) is 2.86. The van der Waals surface area contributed by atoms with Gasteiger partial charge in [-0.15, -0.1) is 0 Å². The number of carbonyl (C=O) groups is 1. The SMILES string of the molecule is Cc1ccc(-c2cc(C(=O)NC(CC(=[NH2+])c3cccnc3)c3ccccc3O)no2)cc1. The Kier molecular flexibility index (Phi) is 6.07. The van der Waals surface area contributed by atoms with Gasteiger partial charge in [-0.2, -0.15) is 0 Å². The summed E-state index contributed by atoms with van der Waals surface area (Å²) in [5, 5.41) is 23.5. The molecule has 0 saturated heterocycles. The van der Waals surface area contributed by atoms with Crippen molar-refractivity contribution >= 4 is 11.6 Å². The molecule has 1 amide bonds. The van der Waals surface area contributed by atoms with Crippen LogP contribution in [0.2, 0.25) is 0 Å². The highest BCUT2D eigenvalue weighted by Crippen LogP contribution is 2.28. The fourth-order valence-corrected chi connectivity index (χ4v) is 3.38. The molecule has 0 aliphatic carbocycles. The van der Waals surface area contributed by atoms with Crippen LogP contribution in [0.5, 0.6) is 5.75 Å². The van der Waals surface area contributed by atoms with E-state index in [2.05, 4.69) is 15.5 Å². The summed E-state index contributed by atoms with van der Waals surface area (Å²) in [6, 6.07) is 19.2. The third kappa shape index (κ3) is 4.73. The van der Waals surface area contributed by atoms with Gasteiger partial charge in [0.25, 0.3) is 5.91 Å². The fraction of sp³-hybridized carbons (Fsp3) is 0.120. The van der Waals surface area contributed by atoms with Crippen LogP contribution in [-0.4, -0.2) is 26.9 Å². The maximum atomic E-state index is 13.0. The average Bonchev–Trinajstić information content (AvgIpc) is 3.30. The van der Waals surface area contributed by atoms with Gasteiger partial charge in [0, 0.05) is 29.6 Å². The second-order valence-electron chi connectivity index (χ2n) is 7.50. The lowest BCUT2D eigenvalue weighted by molar-refractivity contribution is -0.115. The summed E-state index contributed by atoms with van der Waals surface area (Å²) in [6.45, 7) is 2.00. The Morgan fingerprint density at radius 1 is 1.12 bits per heavy atom. The van der Waals surface area contributed by atoms with Crippen LogP contribution in [0.4, 0.5) is 0 Å². The molecular formula is C25H23N4O3+. The molecule has 4 N–H and O–H groups in total. The lowest BCUT2D eigenvalue weighted by atomic mass is 9.97. The highest BCUT2D eigenvalue weighted by atomic mass is 16.5. The van der Waals surface area contributed by atoms with Crippen molar-refractivity contribution < 1.29 is 19.8 Å². The van der Waals surface area contributed by atoms with Gasteiger partial charge in [0.15, 0.2) is 17.2 Å². The number of aromatic hydroxyl groups is 1. The second kappa shape index (κ2) is 9.26. The van der Waals surface area contributed by atoms with Crippen molar-refractivity contribution in [2.24, 2.45) is 0 Å². The predicted molar refractivity (Wildman–Crippen MR) is 120 cm³/mol. The van der Waals surface area contributed by atoms with Crippen LogP contribution >= 0.6 is 0 Å². The number of nitrogens with zero attached hydrogens (tertiary/aromatic N) is 2. The van der Waals surface area contributed by atoms with Gasteiger partial charge in [0.05, 0.1) is 18.0 Å². The molecule has 0 spiro atoms. The topological polar surface area (TPSA) is 114 Å². The molecule has 7 nitrogen and oxygen atoms in total. The van der Waals surface area contributed by atoms with Gasteiger partial charge in [0.1, 0.15) is 5.75 Å². The molecule has 2 aromatic heterocycles. The molecule has 2 heterocycles. The first-order valence-electron chi connectivity index (χ1n) is 10.2. The van der Waals surface area contributed by atoms with Crippen molar-refractivity contribution in [1.82, 2.24) is 15.5 Å². The number of hydrogen-bond acceptors (Lipinski definition) is 5. The number of carbonyl (C=O) groups excluding carboxylic acids is 1. The third-order valence-electron chi connectivity index (χ3n) is 5.15. The first-order valence-corrected chi connectivity index (χ1v) is 10.2. The number of hydrogen-bond donors (Lipinski definition) is 3. The van der Waals surface area contributed by atoms with Gasteiger partial charge < -0.3 is 14.9 Å². The Hall–Kier alpha value is -4.26. The zero-order valence-corrected chi connectivity index (χ0v) is 17.5. The van der Waals surface area contributed by atoms with Crippen molar-refractivity contribution in [3.8, 4) is 17.1 Å². The summed E-state index contributed by atoms with van der Waals surface area (Å²) < 4.78 is 5.37. The number of benzene rings is 2. The summed E-state index contributed by atoms with van der Waals surface area (Å²) >= 11 is 0. The quantitative estimate of drug-likeness (QED) is 0.393. The molecule has 4 aromatic rings. The van der Waals surface area contributed by atoms with E-state index in [1.807, 2.05) is 37.3 Å². The first kappa shape index (κ1) is 21.0. The first-order chi connectivity index (χ1) is 15.5. The lowest BCUT2D eigenvalue weighted by Gasteiger charge is -2.18. The third-order valence-corrected chi connectivity index (χ3v) is 5.15. The van der Waals surface area contributed by atoms with Gasteiger partial charge in [-0.3, -0.25) is 15.2 Å². The summed E-state index contributed by atoms with van der Waals surface area (Å²) in [7, 11) is 0. The smallest absolute Gasteiger partial charge is 0.273 e. The van der Waals surface area contributed by atoms with E-state index in [1.54, 1.807) is 48.8 Å². The number of phenols is 1. The maximum absolute atomic E-state index is 13.0. The standard InChI is InChI=1S/C25H22N4O3/c1-16-8-10-17(11-9-16)24-14-22(29-32-24)25(31)28-21(19-6-2-3-7-23(19)30)13-20(26)18-5-4-12-27-15-18/h2-12,14-15,21,26,30H,13H2,1H3,(H,28,31)/p+1. The molecule has 2 aromatic carbocycles. The van der Waals surface area contributed by atoms with Crippen LogP contribution in [0.1, 0.15) is 39.6 Å². The van der Waals surface area contributed by atoms with Crippen LogP contribution in [0.15, 0.2) is 83.6 Å². The molecule has 1 atom stereocenters. The largest absolute Gasteiger partial charge is 0.508 e. The van der Waals surface area contributed by atoms with Crippen LogP contribution in [0, 0.1) is 6.92 Å². The van der Waals surface area contributed by atoms with Crippen LogP contribution in [0.3, 0.4) is 0 Å². The molecule has 1 unspecified atom stereocenters. The zero-order valence-electron chi connectivity index (χ0n) is 17.5. The van der Waals surface area contributed by atoms with E-state index in [0.717, 1.165) is 16.7 Å². The fourth-order valence-electron chi connectivity index (χ4n) is 3.38. The maximum Gasteiger partial charge on any atom is 0.273 e. The van der Waals surface area contributed by atoms with Crippen molar-refractivity contribution in [3.63, 3.8) is 0 Å². The van der Waals surface area contributed by atoms with Crippen molar-refractivity contribution in [2.75, 3.05) is 0 Å². The van der Waals surface area contributed by atoms with Gasteiger partial charge >= 0.3 is 0 Å². The molecule has 32 heavy (non-hydrogen) atoms. The second-order valence-corrected chi connectivity index (χ2v) is 7.50. The summed E-state index contributed by atoms with van der Waals surface area (Å²) in [5.74, 6) is 0.132. The molecule has 160 valence electrons. The number of nitrogens with one attached hydrogen (secondary N) is 1. The Morgan fingerprint density at radius 3 is 2.62 bits per heavy atom. The molecule has 0 fully saturated rings. The average molecular weight is 427 g/mol. The molecular weight excluding hydrogens is 404 g/mol. The van der Waals surface area contributed by atoms with E-state index in [9.17, 15) is 9.90 Å². The Morgan fingerprint density at radius 2 is 1.91 bits per heavy atom. The van der Waals surface area contributed by atoms with Crippen LogP contribution in [0.25, 0.3) is 11.3 Å². The highest BCUT2D eigenvalue weighted by Gasteiger charge is 2.24. The summed E-state index contributed by atoms with van der Waals surface area (Å²) in [6.07, 6.45) is 3.59. The van der Waals surface area contributed by atoms with E-state index in [0.29, 0.717) is 17.0 Å². The van der Waals surface area contributed by atoms with E-state index < -0.39 is 11.9 Å². The van der Waals surface area contributed by atoms with E-state index in [-0.39, 0.29) is 17.9 Å². The Bertz CT molecular complexity index is 1230. The number of amides is 1. The van der Waals surface area contributed by atoms with E-state index in [4.69, 9.17) is 9.93 Å². The normalized spacial score (nSPS) is 11.7.